The average Bonchev–Trinajstić information content (AvgIpc) is 2.93. The van der Waals surface area contributed by atoms with E-state index in [0.717, 1.165) is 34.3 Å². The first-order valence-electron chi connectivity index (χ1n) is 6.50. The Hall–Kier alpha value is -2.37. The van der Waals surface area contributed by atoms with Crippen molar-refractivity contribution in [3.05, 3.63) is 41.0 Å². The van der Waals surface area contributed by atoms with Gasteiger partial charge in [0.2, 0.25) is 0 Å². The van der Waals surface area contributed by atoms with Crippen LogP contribution < -0.4 is 4.90 Å². The number of rotatable bonds is 3. The van der Waals surface area contributed by atoms with Crippen LogP contribution in [0.1, 0.15) is 22.8 Å². The predicted octanol–water partition coefficient (Wildman–Crippen LogP) is 2.28. The Morgan fingerprint density at radius 1 is 1.10 bits per heavy atom. The van der Waals surface area contributed by atoms with Crippen molar-refractivity contribution < 1.29 is 4.52 Å². The topological polar surface area (TPSA) is 59.5 Å². The third-order valence-electron chi connectivity index (χ3n) is 3.12. The van der Waals surface area contributed by atoms with Gasteiger partial charge in [0.15, 0.2) is 11.4 Å². The van der Waals surface area contributed by atoms with Crippen LogP contribution in [0.3, 0.4) is 0 Å². The van der Waals surface area contributed by atoms with Crippen LogP contribution in [-0.4, -0.2) is 26.8 Å². The van der Waals surface area contributed by atoms with Gasteiger partial charge in [0, 0.05) is 30.9 Å². The van der Waals surface area contributed by atoms with Crippen LogP contribution in [0.5, 0.6) is 0 Å². The lowest BCUT2D eigenvalue weighted by Crippen LogP contribution is -2.20. The molecule has 0 aliphatic rings. The van der Waals surface area contributed by atoms with E-state index in [1.165, 1.54) is 0 Å². The standard InChI is InChI=1S/C14H17N5O/c1-9-7-14(19-13(15-9)6-10(2)16-19)18(4)8-12-5-11(3)17-20-12/h5-7H,8H2,1-4H3. The molecule has 0 fully saturated rings. The van der Waals surface area contributed by atoms with Crippen molar-refractivity contribution in [1.29, 1.82) is 0 Å². The van der Waals surface area contributed by atoms with Gasteiger partial charge in [-0.15, -0.1) is 0 Å². The zero-order valence-electron chi connectivity index (χ0n) is 12.1. The molecule has 0 aliphatic carbocycles. The summed E-state index contributed by atoms with van der Waals surface area (Å²) >= 11 is 0. The Kier molecular flexibility index (Phi) is 2.93. The summed E-state index contributed by atoms with van der Waals surface area (Å²) in [5.74, 6) is 1.81. The van der Waals surface area contributed by atoms with Gasteiger partial charge in [0.1, 0.15) is 5.82 Å². The normalized spacial score (nSPS) is 11.2. The first-order chi connectivity index (χ1) is 9.52. The van der Waals surface area contributed by atoms with Crippen molar-refractivity contribution in [1.82, 2.24) is 19.8 Å². The number of hydrogen-bond donors (Lipinski definition) is 0. The molecule has 0 radical (unpaired) electrons. The van der Waals surface area contributed by atoms with Crippen LogP contribution in [0.25, 0.3) is 5.65 Å². The molecule has 20 heavy (non-hydrogen) atoms. The SMILES string of the molecule is Cc1cc(CN(C)c2cc(C)nc3cc(C)nn23)on1. The number of aromatic nitrogens is 4. The molecule has 0 aromatic carbocycles. The second-order valence-corrected chi connectivity index (χ2v) is 5.10. The van der Waals surface area contributed by atoms with E-state index in [1.807, 2.05) is 50.5 Å². The summed E-state index contributed by atoms with van der Waals surface area (Å²) in [6, 6.07) is 5.93. The number of hydrogen-bond acceptors (Lipinski definition) is 5. The maximum atomic E-state index is 5.27. The van der Waals surface area contributed by atoms with Gasteiger partial charge in [-0.2, -0.15) is 9.61 Å². The Morgan fingerprint density at radius 3 is 2.60 bits per heavy atom. The van der Waals surface area contributed by atoms with Gasteiger partial charge in [-0.05, 0) is 20.8 Å². The molecule has 3 heterocycles. The Bertz CT molecular complexity index is 758. The van der Waals surface area contributed by atoms with E-state index in [9.17, 15) is 0 Å². The molecular formula is C14H17N5O. The van der Waals surface area contributed by atoms with Crippen molar-refractivity contribution in [3.8, 4) is 0 Å². The Morgan fingerprint density at radius 2 is 1.90 bits per heavy atom. The van der Waals surface area contributed by atoms with Gasteiger partial charge in [0.05, 0.1) is 17.9 Å². The highest BCUT2D eigenvalue weighted by Crippen LogP contribution is 2.19. The van der Waals surface area contributed by atoms with Gasteiger partial charge in [0.25, 0.3) is 0 Å². The molecule has 0 saturated carbocycles. The molecular weight excluding hydrogens is 254 g/mol. The van der Waals surface area contributed by atoms with Crippen molar-refractivity contribution in [3.63, 3.8) is 0 Å². The number of anilines is 1. The van der Waals surface area contributed by atoms with Gasteiger partial charge in [-0.25, -0.2) is 4.98 Å². The summed E-state index contributed by atoms with van der Waals surface area (Å²) in [5.41, 5.74) is 3.67. The molecule has 0 saturated heterocycles. The molecule has 0 amide bonds. The molecule has 104 valence electrons. The third kappa shape index (κ3) is 2.24. The molecule has 0 aliphatic heterocycles. The molecule has 6 heteroatoms. The summed E-state index contributed by atoms with van der Waals surface area (Å²) in [7, 11) is 2.00. The van der Waals surface area contributed by atoms with E-state index in [1.54, 1.807) is 0 Å². The number of aryl methyl sites for hydroxylation is 3. The van der Waals surface area contributed by atoms with Crippen LogP contribution in [0.15, 0.2) is 22.7 Å². The van der Waals surface area contributed by atoms with Gasteiger partial charge in [-0.1, -0.05) is 5.16 Å². The summed E-state index contributed by atoms with van der Waals surface area (Å²) in [6.45, 7) is 6.50. The zero-order chi connectivity index (χ0) is 14.3. The zero-order valence-corrected chi connectivity index (χ0v) is 12.1. The predicted molar refractivity (Wildman–Crippen MR) is 75.8 cm³/mol. The van der Waals surface area contributed by atoms with Crippen LogP contribution in [0.4, 0.5) is 5.82 Å². The first kappa shape index (κ1) is 12.7. The van der Waals surface area contributed by atoms with Crippen molar-refractivity contribution in [2.75, 3.05) is 11.9 Å². The molecule has 3 aromatic rings. The minimum atomic E-state index is 0.637. The molecule has 3 rings (SSSR count). The largest absolute Gasteiger partial charge is 0.359 e. The molecule has 0 unspecified atom stereocenters. The fourth-order valence-electron chi connectivity index (χ4n) is 2.27. The lowest BCUT2D eigenvalue weighted by atomic mass is 10.3. The molecule has 6 nitrogen and oxygen atoms in total. The smallest absolute Gasteiger partial charge is 0.157 e. The minimum absolute atomic E-state index is 0.637. The summed E-state index contributed by atoms with van der Waals surface area (Å²) in [4.78, 5) is 6.57. The van der Waals surface area contributed by atoms with E-state index in [4.69, 9.17) is 4.52 Å². The first-order valence-corrected chi connectivity index (χ1v) is 6.50. The van der Waals surface area contributed by atoms with Crippen molar-refractivity contribution in [2.45, 2.75) is 27.3 Å². The van der Waals surface area contributed by atoms with Crippen molar-refractivity contribution in [2.24, 2.45) is 0 Å². The minimum Gasteiger partial charge on any atom is -0.359 e. The van der Waals surface area contributed by atoms with Crippen LogP contribution in [-0.2, 0) is 6.54 Å². The van der Waals surface area contributed by atoms with E-state index >= 15 is 0 Å². The van der Waals surface area contributed by atoms with Gasteiger partial charge < -0.3 is 9.42 Å². The average molecular weight is 271 g/mol. The maximum absolute atomic E-state index is 5.27. The second kappa shape index (κ2) is 4.63. The Labute approximate surface area is 117 Å². The lowest BCUT2D eigenvalue weighted by Gasteiger charge is -2.18. The van der Waals surface area contributed by atoms with Gasteiger partial charge >= 0.3 is 0 Å². The summed E-state index contributed by atoms with van der Waals surface area (Å²) in [6.07, 6.45) is 0. The van der Waals surface area contributed by atoms with E-state index in [2.05, 4.69) is 20.1 Å². The quantitative estimate of drug-likeness (QED) is 0.731. The number of nitrogens with zero attached hydrogens (tertiary/aromatic N) is 5. The highest BCUT2D eigenvalue weighted by molar-refractivity contribution is 5.51. The van der Waals surface area contributed by atoms with E-state index in [-0.39, 0.29) is 0 Å². The molecule has 0 N–H and O–H groups in total. The highest BCUT2D eigenvalue weighted by atomic mass is 16.5. The summed E-state index contributed by atoms with van der Waals surface area (Å²) < 4.78 is 7.12. The van der Waals surface area contributed by atoms with Crippen LogP contribution >= 0.6 is 0 Å². The Balaban J connectivity index is 1.99. The lowest BCUT2D eigenvalue weighted by molar-refractivity contribution is 0.379. The molecule has 0 atom stereocenters. The molecule has 0 bridgehead atoms. The second-order valence-electron chi connectivity index (χ2n) is 5.10. The highest BCUT2D eigenvalue weighted by Gasteiger charge is 2.12. The molecule has 3 aromatic heterocycles. The third-order valence-corrected chi connectivity index (χ3v) is 3.12. The van der Waals surface area contributed by atoms with Crippen molar-refractivity contribution >= 4 is 11.5 Å². The van der Waals surface area contributed by atoms with Gasteiger partial charge in [-0.3, -0.25) is 0 Å². The summed E-state index contributed by atoms with van der Waals surface area (Å²) in [5, 5.41) is 8.40. The van der Waals surface area contributed by atoms with E-state index < -0.39 is 0 Å². The van der Waals surface area contributed by atoms with Crippen LogP contribution in [0, 0.1) is 20.8 Å². The molecule has 0 spiro atoms. The fourth-order valence-corrected chi connectivity index (χ4v) is 2.27. The number of fused-ring (bicyclic) bond motifs is 1. The maximum Gasteiger partial charge on any atom is 0.157 e. The van der Waals surface area contributed by atoms with E-state index in [0.29, 0.717) is 6.54 Å². The monoisotopic (exact) mass is 271 g/mol. The fraction of sp³-hybridized carbons (Fsp3) is 0.357. The van der Waals surface area contributed by atoms with Crippen LogP contribution in [0.2, 0.25) is 0 Å².